The number of piperidine rings is 1. The summed E-state index contributed by atoms with van der Waals surface area (Å²) in [7, 11) is 0. The van der Waals surface area contributed by atoms with E-state index in [1.54, 1.807) is 4.90 Å². The number of rotatable bonds is 7. The highest BCUT2D eigenvalue weighted by molar-refractivity contribution is 5.77. The molecule has 122 valence electrons. The molecule has 0 radical (unpaired) electrons. The van der Waals surface area contributed by atoms with Crippen LogP contribution in [0.25, 0.3) is 0 Å². The molecule has 1 aliphatic rings. The minimum absolute atomic E-state index is 0.0807. The van der Waals surface area contributed by atoms with Gasteiger partial charge in [-0.2, -0.15) is 4.98 Å². The molecule has 0 unspecified atom stereocenters. The zero-order valence-corrected chi connectivity index (χ0v) is 13.0. The topological polar surface area (TPSA) is 96.5 Å². The highest BCUT2D eigenvalue weighted by Gasteiger charge is 2.26. The predicted octanol–water partition coefficient (Wildman–Crippen LogP) is 1.67. The van der Waals surface area contributed by atoms with Gasteiger partial charge in [0.15, 0.2) is 5.82 Å². The van der Waals surface area contributed by atoms with Gasteiger partial charge in [-0.05, 0) is 25.7 Å². The molecule has 0 saturated carbocycles. The fraction of sp³-hybridized carbons (Fsp3) is 0.733. The van der Waals surface area contributed by atoms with Gasteiger partial charge >= 0.3 is 5.97 Å². The lowest BCUT2D eigenvalue weighted by Crippen LogP contribution is -2.40. The van der Waals surface area contributed by atoms with Crippen LogP contribution >= 0.6 is 0 Å². The van der Waals surface area contributed by atoms with E-state index in [0.717, 1.165) is 18.7 Å². The molecule has 7 nitrogen and oxygen atoms in total. The maximum absolute atomic E-state index is 12.1. The van der Waals surface area contributed by atoms with Gasteiger partial charge in [0.05, 0.1) is 5.92 Å². The summed E-state index contributed by atoms with van der Waals surface area (Å²) in [6.45, 7) is 3.14. The molecule has 0 aliphatic carbocycles. The molecule has 1 amide bonds. The number of nitrogens with zero attached hydrogens (tertiary/aromatic N) is 3. The molecule has 0 atom stereocenters. The Hall–Kier alpha value is -1.92. The summed E-state index contributed by atoms with van der Waals surface area (Å²) >= 11 is 0. The van der Waals surface area contributed by atoms with Crippen LogP contribution in [0.15, 0.2) is 4.52 Å². The predicted molar refractivity (Wildman–Crippen MR) is 78.2 cm³/mol. The molecule has 2 heterocycles. The zero-order valence-electron chi connectivity index (χ0n) is 13.0. The van der Waals surface area contributed by atoms with Gasteiger partial charge in [0.1, 0.15) is 0 Å². The van der Waals surface area contributed by atoms with Crippen molar-refractivity contribution in [2.45, 2.75) is 51.9 Å². The van der Waals surface area contributed by atoms with Crippen molar-refractivity contribution in [3.05, 3.63) is 11.7 Å². The number of carboxylic acid groups (broad SMARTS) is 1. The Morgan fingerprint density at radius 2 is 2.05 bits per heavy atom. The summed E-state index contributed by atoms with van der Waals surface area (Å²) < 4.78 is 5.13. The first-order valence-corrected chi connectivity index (χ1v) is 7.92. The number of aliphatic carboxylic acids is 1. The van der Waals surface area contributed by atoms with Gasteiger partial charge in [-0.3, -0.25) is 9.59 Å². The lowest BCUT2D eigenvalue weighted by atomic mass is 9.97. The van der Waals surface area contributed by atoms with Crippen LogP contribution in [0.5, 0.6) is 0 Å². The van der Waals surface area contributed by atoms with Gasteiger partial charge in [0.25, 0.3) is 0 Å². The van der Waals surface area contributed by atoms with Gasteiger partial charge in [-0.25, -0.2) is 0 Å². The summed E-state index contributed by atoms with van der Waals surface area (Å²) in [4.78, 5) is 29.0. The highest BCUT2D eigenvalue weighted by atomic mass is 16.5. The zero-order chi connectivity index (χ0) is 15.9. The van der Waals surface area contributed by atoms with Gasteiger partial charge in [-0.1, -0.05) is 12.1 Å². The third kappa shape index (κ3) is 4.54. The summed E-state index contributed by atoms with van der Waals surface area (Å²) in [5, 5.41) is 12.8. The lowest BCUT2D eigenvalue weighted by Gasteiger charge is -2.30. The second kappa shape index (κ2) is 7.91. The molecule has 1 N–H and O–H groups in total. The van der Waals surface area contributed by atoms with Crippen molar-refractivity contribution in [1.82, 2.24) is 15.0 Å². The lowest BCUT2D eigenvalue weighted by molar-refractivity contribution is -0.145. The van der Waals surface area contributed by atoms with Crippen LogP contribution in [-0.2, 0) is 22.4 Å². The molecule has 2 rings (SSSR count). The molecule has 0 aromatic carbocycles. The molecule has 1 aliphatic heterocycles. The molecule has 0 bridgehead atoms. The van der Waals surface area contributed by atoms with E-state index in [0.29, 0.717) is 51.1 Å². The maximum atomic E-state index is 12.1. The van der Waals surface area contributed by atoms with Crippen molar-refractivity contribution in [2.24, 2.45) is 5.92 Å². The van der Waals surface area contributed by atoms with E-state index >= 15 is 0 Å². The second-order valence-corrected chi connectivity index (χ2v) is 5.70. The highest BCUT2D eigenvalue weighted by Crippen LogP contribution is 2.18. The Balaban J connectivity index is 1.68. The quantitative estimate of drug-likeness (QED) is 0.823. The number of hydrogen-bond acceptors (Lipinski definition) is 5. The maximum Gasteiger partial charge on any atom is 0.306 e. The van der Waals surface area contributed by atoms with E-state index < -0.39 is 5.97 Å². The largest absolute Gasteiger partial charge is 0.481 e. The van der Waals surface area contributed by atoms with E-state index in [1.807, 2.05) is 0 Å². The van der Waals surface area contributed by atoms with Crippen LogP contribution in [-0.4, -0.2) is 45.1 Å². The standard InChI is InChI=1S/C15H23N3O4/c1-2-4-12-16-13(22-17-12)5-3-6-14(19)18-9-7-11(8-10-18)15(20)21/h11H,2-10H2,1H3,(H,20,21). The normalized spacial score (nSPS) is 16.0. The van der Waals surface area contributed by atoms with Crippen molar-refractivity contribution in [3.63, 3.8) is 0 Å². The van der Waals surface area contributed by atoms with E-state index in [2.05, 4.69) is 17.1 Å². The summed E-state index contributed by atoms with van der Waals surface area (Å²) in [5.74, 6) is 0.323. The number of hydrogen-bond donors (Lipinski definition) is 1. The van der Waals surface area contributed by atoms with Crippen molar-refractivity contribution in [1.29, 1.82) is 0 Å². The van der Waals surface area contributed by atoms with Gasteiger partial charge in [-0.15, -0.1) is 0 Å². The minimum Gasteiger partial charge on any atom is -0.481 e. The second-order valence-electron chi connectivity index (χ2n) is 5.70. The number of aryl methyl sites for hydroxylation is 2. The van der Waals surface area contributed by atoms with Crippen molar-refractivity contribution >= 4 is 11.9 Å². The average Bonchev–Trinajstić information content (AvgIpc) is 2.95. The summed E-state index contributed by atoms with van der Waals surface area (Å²) in [6, 6.07) is 0. The SMILES string of the molecule is CCCc1noc(CCCC(=O)N2CCC(C(=O)O)CC2)n1. The van der Waals surface area contributed by atoms with Crippen LogP contribution < -0.4 is 0 Å². The molecule has 22 heavy (non-hydrogen) atoms. The third-order valence-electron chi connectivity index (χ3n) is 3.96. The molecule has 7 heteroatoms. The molecule has 1 fully saturated rings. The Kier molecular flexibility index (Phi) is 5.91. The smallest absolute Gasteiger partial charge is 0.306 e. The van der Waals surface area contributed by atoms with Crippen LogP contribution in [0.3, 0.4) is 0 Å². The van der Waals surface area contributed by atoms with E-state index in [9.17, 15) is 9.59 Å². The summed E-state index contributed by atoms with van der Waals surface area (Å²) in [6.07, 6.45) is 4.59. The molecule has 1 aromatic heterocycles. The van der Waals surface area contributed by atoms with Gasteiger partial charge in [0, 0.05) is 32.4 Å². The molecular formula is C15H23N3O4. The molecular weight excluding hydrogens is 286 g/mol. The molecule has 1 saturated heterocycles. The number of likely N-dealkylation sites (tertiary alicyclic amines) is 1. The fourth-order valence-corrected chi connectivity index (χ4v) is 2.64. The first kappa shape index (κ1) is 16.5. The number of carbonyl (C=O) groups is 2. The van der Waals surface area contributed by atoms with E-state index in [-0.39, 0.29) is 11.8 Å². The Labute approximate surface area is 129 Å². The van der Waals surface area contributed by atoms with Crippen molar-refractivity contribution < 1.29 is 19.2 Å². The first-order chi connectivity index (χ1) is 10.6. The third-order valence-corrected chi connectivity index (χ3v) is 3.96. The van der Waals surface area contributed by atoms with Crippen LogP contribution in [0.1, 0.15) is 50.7 Å². The minimum atomic E-state index is -0.758. The van der Waals surface area contributed by atoms with Crippen molar-refractivity contribution in [2.75, 3.05) is 13.1 Å². The monoisotopic (exact) mass is 309 g/mol. The number of amides is 1. The first-order valence-electron chi connectivity index (χ1n) is 7.92. The summed E-state index contributed by atoms with van der Waals surface area (Å²) in [5.41, 5.74) is 0. The number of aromatic nitrogens is 2. The van der Waals surface area contributed by atoms with Gasteiger partial charge in [0.2, 0.25) is 11.8 Å². The molecule has 0 spiro atoms. The van der Waals surface area contributed by atoms with Crippen molar-refractivity contribution in [3.8, 4) is 0 Å². The van der Waals surface area contributed by atoms with E-state index in [4.69, 9.17) is 9.63 Å². The van der Waals surface area contributed by atoms with Gasteiger partial charge < -0.3 is 14.5 Å². The van der Waals surface area contributed by atoms with Crippen LogP contribution in [0, 0.1) is 5.92 Å². The number of carboxylic acids is 1. The Morgan fingerprint density at radius 3 is 2.68 bits per heavy atom. The number of carbonyl (C=O) groups excluding carboxylic acids is 1. The Morgan fingerprint density at radius 1 is 1.32 bits per heavy atom. The van der Waals surface area contributed by atoms with Crippen LogP contribution in [0.4, 0.5) is 0 Å². The fourth-order valence-electron chi connectivity index (χ4n) is 2.64. The molecule has 1 aromatic rings. The Bertz CT molecular complexity index is 507. The van der Waals surface area contributed by atoms with Crippen LogP contribution in [0.2, 0.25) is 0 Å². The average molecular weight is 309 g/mol. The van der Waals surface area contributed by atoms with E-state index in [1.165, 1.54) is 0 Å².